The first kappa shape index (κ1) is 14.2. The first-order chi connectivity index (χ1) is 7.60. The van der Waals surface area contributed by atoms with E-state index < -0.39 is 0 Å². The third-order valence-corrected chi connectivity index (χ3v) is 1.79. The van der Waals surface area contributed by atoms with Crippen LogP contribution in [-0.2, 0) is 4.79 Å². The predicted octanol–water partition coefficient (Wildman–Crippen LogP) is 2.11. The maximum atomic E-state index is 11.0. The van der Waals surface area contributed by atoms with Crippen LogP contribution in [0.25, 0.3) is 0 Å². The summed E-state index contributed by atoms with van der Waals surface area (Å²) in [6.07, 6.45) is 0.750. The fraction of sp³-hybridized carbons (Fsp3) is 0.333. The molecule has 0 saturated heterocycles. The maximum absolute atomic E-state index is 11.0. The van der Waals surface area contributed by atoms with Gasteiger partial charge >= 0.3 is 0 Å². The van der Waals surface area contributed by atoms with Crippen molar-refractivity contribution in [2.75, 3.05) is 14.2 Å². The highest BCUT2D eigenvalue weighted by molar-refractivity contribution is 5.94. The van der Waals surface area contributed by atoms with E-state index in [-0.39, 0.29) is 5.78 Å². The number of Topliss-reactive ketones (excluding diaryl/α,β-unsaturated/α-hetero) is 1. The molecule has 0 N–H and O–H groups in total. The highest BCUT2D eigenvalue weighted by atomic mass is 16.5. The first-order valence-corrected chi connectivity index (χ1v) is 4.73. The van der Waals surface area contributed by atoms with Crippen molar-refractivity contribution < 1.29 is 19.1 Å². The first-order valence-electron chi connectivity index (χ1n) is 4.73. The van der Waals surface area contributed by atoms with E-state index in [0.29, 0.717) is 17.1 Å². The number of carbonyl (C=O) groups is 2. The lowest BCUT2D eigenvalue weighted by atomic mass is 10.1. The number of hydrogen-bond acceptors (Lipinski definition) is 4. The molecule has 0 unspecified atom stereocenters. The second-order valence-corrected chi connectivity index (χ2v) is 2.86. The van der Waals surface area contributed by atoms with Gasteiger partial charge in [-0.15, -0.1) is 0 Å². The van der Waals surface area contributed by atoms with Gasteiger partial charge in [-0.05, 0) is 32.0 Å². The molecule has 4 heteroatoms. The molecular formula is C12H16O4. The summed E-state index contributed by atoms with van der Waals surface area (Å²) < 4.78 is 10.1. The number of ketones is 1. The van der Waals surface area contributed by atoms with E-state index in [1.807, 2.05) is 0 Å². The average Bonchev–Trinajstić information content (AvgIpc) is 2.29. The van der Waals surface area contributed by atoms with Crippen molar-refractivity contribution in [3.8, 4) is 11.5 Å². The summed E-state index contributed by atoms with van der Waals surface area (Å²) in [7, 11) is 3.10. The Hall–Kier alpha value is -1.84. The maximum Gasteiger partial charge on any atom is 0.161 e. The molecule has 0 radical (unpaired) electrons. The van der Waals surface area contributed by atoms with Gasteiger partial charge in [0.15, 0.2) is 17.3 Å². The number of methoxy groups -OCH3 is 2. The van der Waals surface area contributed by atoms with Gasteiger partial charge in [0.25, 0.3) is 0 Å². The molecule has 0 atom stereocenters. The van der Waals surface area contributed by atoms with Gasteiger partial charge in [-0.3, -0.25) is 4.79 Å². The van der Waals surface area contributed by atoms with Crippen LogP contribution in [-0.4, -0.2) is 26.3 Å². The molecule has 0 saturated carbocycles. The van der Waals surface area contributed by atoms with E-state index in [0.717, 1.165) is 6.29 Å². The largest absolute Gasteiger partial charge is 0.493 e. The van der Waals surface area contributed by atoms with Crippen molar-refractivity contribution in [1.82, 2.24) is 0 Å². The number of aldehydes is 1. The Balaban J connectivity index is 0.000000673. The van der Waals surface area contributed by atoms with Crippen molar-refractivity contribution in [1.29, 1.82) is 0 Å². The Kier molecular flexibility index (Phi) is 6.59. The molecule has 0 heterocycles. The van der Waals surface area contributed by atoms with Crippen molar-refractivity contribution >= 4 is 12.1 Å². The molecule has 0 bridgehead atoms. The van der Waals surface area contributed by atoms with Gasteiger partial charge in [-0.25, -0.2) is 0 Å². The van der Waals surface area contributed by atoms with Gasteiger partial charge in [0.2, 0.25) is 0 Å². The molecule has 0 aromatic heterocycles. The minimum absolute atomic E-state index is 0.0148. The molecule has 16 heavy (non-hydrogen) atoms. The third kappa shape index (κ3) is 4.13. The summed E-state index contributed by atoms with van der Waals surface area (Å²) in [4.78, 5) is 19.8. The van der Waals surface area contributed by atoms with Crippen LogP contribution >= 0.6 is 0 Å². The number of rotatable bonds is 3. The van der Waals surface area contributed by atoms with E-state index in [9.17, 15) is 4.79 Å². The van der Waals surface area contributed by atoms with Crippen LogP contribution in [0.15, 0.2) is 18.2 Å². The molecule has 1 aromatic rings. The van der Waals surface area contributed by atoms with Crippen molar-refractivity contribution in [2.45, 2.75) is 13.8 Å². The van der Waals surface area contributed by atoms with Crippen molar-refractivity contribution in [3.05, 3.63) is 23.8 Å². The zero-order valence-corrected chi connectivity index (χ0v) is 9.94. The lowest BCUT2D eigenvalue weighted by Crippen LogP contribution is -1.95. The zero-order chi connectivity index (χ0) is 12.6. The summed E-state index contributed by atoms with van der Waals surface area (Å²) in [5.74, 6) is 1.23. The van der Waals surface area contributed by atoms with E-state index in [1.165, 1.54) is 13.8 Å². The molecule has 1 aromatic carbocycles. The quantitative estimate of drug-likeness (QED) is 0.583. The van der Waals surface area contributed by atoms with Crippen LogP contribution in [0.1, 0.15) is 24.2 Å². The van der Waals surface area contributed by atoms with E-state index in [4.69, 9.17) is 14.3 Å². The van der Waals surface area contributed by atoms with Crippen molar-refractivity contribution in [3.63, 3.8) is 0 Å². The van der Waals surface area contributed by atoms with E-state index in [2.05, 4.69) is 0 Å². The van der Waals surface area contributed by atoms with Crippen molar-refractivity contribution in [2.24, 2.45) is 0 Å². The van der Waals surface area contributed by atoms with Crippen LogP contribution in [0.2, 0.25) is 0 Å². The summed E-state index contributed by atoms with van der Waals surface area (Å²) in [5, 5.41) is 0. The Morgan fingerprint density at radius 1 is 1.19 bits per heavy atom. The van der Waals surface area contributed by atoms with E-state index in [1.54, 1.807) is 32.4 Å². The van der Waals surface area contributed by atoms with Gasteiger partial charge < -0.3 is 14.3 Å². The Morgan fingerprint density at radius 2 is 1.69 bits per heavy atom. The molecule has 0 amide bonds. The van der Waals surface area contributed by atoms with Crippen LogP contribution in [0, 0.1) is 0 Å². The second-order valence-electron chi connectivity index (χ2n) is 2.86. The van der Waals surface area contributed by atoms with E-state index >= 15 is 0 Å². The zero-order valence-electron chi connectivity index (χ0n) is 9.94. The van der Waals surface area contributed by atoms with Gasteiger partial charge in [0.1, 0.15) is 6.29 Å². The van der Waals surface area contributed by atoms with Gasteiger partial charge in [-0.1, -0.05) is 0 Å². The average molecular weight is 224 g/mol. The van der Waals surface area contributed by atoms with Gasteiger partial charge in [0, 0.05) is 5.56 Å². The smallest absolute Gasteiger partial charge is 0.161 e. The second kappa shape index (κ2) is 7.45. The molecule has 0 aliphatic heterocycles. The Bertz CT molecular complexity index is 358. The normalized spacial score (nSPS) is 8.50. The number of ether oxygens (including phenoxy) is 2. The molecule has 0 aliphatic carbocycles. The summed E-state index contributed by atoms with van der Waals surface area (Å²) in [6, 6.07) is 5.10. The molecule has 0 spiro atoms. The summed E-state index contributed by atoms with van der Waals surface area (Å²) in [6.45, 7) is 2.96. The third-order valence-electron chi connectivity index (χ3n) is 1.79. The van der Waals surface area contributed by atoms with Crippen LogP contribution in [0.4, 0.5) is 0 Å². The number of hydrogen-bond donors (Lipinski definition) is 0. The Labute approximate surface area is 95.2 Å². The fourth-order valence-corrected chi connectivity index (χ4v) is 1.06. The minimum Gasteiger partial charge on any atom is -0.493 e. The van der Waals surface area contributed by atoms with Crippen LogP contribution < -0.4 is 9.47 Å². The van der Waals surface area contributed by atoms with Crippen LogP contribution in [0.3, 0.4) is 0 Å². The highest BCUT2D eigenvalue weighted by Crippen LogP contribution is 2.27. The lowest BCUT2D eigenvalue weighted by Gasteiger charge is -2.07. The van der Waals surface area contributed by atoms with Gasteiger partial charge in [0.05, 0.1) is 14.2 Å². The monoisotopic (exact) mass is 224 g/mol. The summed E-state index contributed by atoms with van der Waals surface area (Å²) >= 11 is 0. The van der Waals surface area contributed by atoms with Crippen LogP contribution in [0.5, 0.6) is 11.5 Å². The SMILES string of the molecule is CC=O.COc1ccc(C(C)=O)cc1OC. The molecule has 1 rings (SSSR count). The highest BCUT2D eigenvalue weighted by Gasteiger charge is 2.06. The Morgan fingerprint density at radius 3 is 2.06 bits per heavy atom. The molecule has 4 nitrogen and oxygen atoms in total. The molecular weight excluding hydrogens is 208 g/mol. The minimum atomic E-state index is 0.0148. The molecule has 88 valence electrons. The number of benzene rings is 1. The summed E-state index contributed by atoms with van der Waals surface area (Å²) in [5.41, 5.74) is 0.623. The standard InChI is InChI=1S/C10H12O3.C2H4O/c1-7(11)8-4-5-9(12-2)10(6-8)13-3;1-2-3/h4-6H,1-3H3;2H,1H3. The number of carbonyl (C=O) groups excluding carboxylic acids is 2. The predicted molar refractivity (Wildman–Crippen MR) is 61.3 cm³/mol. The molecule has 0 aliphatic rings. The molecule has 0 fully saturated rings. The topological polar surface area (TPSA) is 52.6 Å². The lowest BCUT2D eigenvalue weighted by molar-refractivity contribution is -0.106. The van der Waals surface area contributed by atoms with Gasteiger partial charge in [-0.2, -0.15) is 0 Å². The fourth-order valence-electron chi connectivity index (χ4n) is 1.06.